The minimum Gasteiger partial charge on any atom is -0.495 e. The predicted octanol–water partition coefficient (Wildman–Crippen LogP) is 3.85. The molecule has 0 saturated carbocycles. The van der Waals surface area contributed by atoms with Gasteiger partial charge in [-0.3, -0.25) is 9.78 Å². The van der Waals surface area contributed by atoms with Crippen molar-refractivity contribution in [2.45, 2.75) is 24.3 Å². The number of pyridine rings is 1. The number of carbonyl (C=O) groups excluding carboxylic acids is 1. The van der Waals surface area contributed by atoms with E-state index >= 15 is 0 Å². The third-order valence-corrected chi connectivity index (χ3v) is 6.82. The van der Waals surface area contributed by atoms with E-state index in [4.69, 9.17) is 9.15 Å². The van der Waals surface area contributed by atoms with Crippen LogP contribution in [0.2, 0.25) is 0 Å². The molecule has 0 spiro atoms. The first kappa shape index (κ1) is 23.5. The Kier molecular flexibility index (Phi) is 6.95. The Morgan fingerprint density at radius 3 is 2.62 bits per heavy atom. The van der Waals surface area contributed by atoms with E-state index in [9.17, 15) is 13.2 Å². The molecule has 2 aromatic carbocycles. The lowest BCUT2D eigenvalue weighted by Gasteiger charge is -2.14. The molecule has 176 valence electrons. The predicted molar refractivity (Wildman–Crippen MR) is 128 cm³/mol. The summed E-state index contributed by atoms with van der Waals surface area (Å²) in [5.74, 6) is 0.319. The summed E-state index contributed by atoms with van der Waals surface area (Å²) in [5, 5.41) is 3.80. The zero-order chi connectivity index (χ0) is 24.1. The van der Waals surface area contributed by atoms with Crippen LogP contribution in [0.15, 0.2) is 82.2 Å². The second-order valence-corrected chi connectivity index (χ2v) is 9.45. The molecule has 1 amide bonds. The summed E-state index contributed by atoms with van der Waals surface area (Å²) in [6.45, 7) is 1.96. The number of carbonyl (C=O) groups is 1. The monoisotopic (exact) mass is 479 g/mol. The number of para-hydroxylation sites is 1. The molecule has 2 heterocycles. The van der Waals surface area contributed by atoms with E-state index in [1.165, 1.54) is 25.3 Å². The van der Waals surface area contributed by atoms with Crippen LogP contribution in [-0.2, 0) is 16.4 Å². The van der Waals surface area contributed by atoms with Crippen molar-refractivity contribution in [3.05, 3.63) is 89.9 Å². The van der Waals surface area contributed by atoms with Gasteiger partial charge in [0.05, 0.1) is 13.2 Å². The maximum Gasteiger partial charge on any atom is 0.251 e. The molecule has 4 rings (SSSR count). The number of fused-ring (bicyclic) bond motifs is 1. The quantitative estimate of drug-likeness (QED) is 0.377. The zero-order valence-electron chi connectivity index (χ0n) is 18.8. The topological polar surface area (TPSA) is 111 Å². The zero-order valence-corrected chi connectivity index (χ0v) is 19.6. The van der Waals surface area contributed by atoms with Crippen molar-refractivity contribution in [3.63, 3.8) is 0 Å². The maximum absolute atomic E-state index is 13.0. The molecule has 0 aliphatic rings. The van der Waals surface area contributed by atoms with Crippen molar-refractivity contribution in [2.75, 3.05) is 13.7 Å². The molecule has 1 unspecified atom stereocenters. The molecule has 0 saturated heterocycles. The number of hydrogen-bond acceptors (Lipinski definition) is 6. The molecule has 8 nitrogen and oxygen atoms in total. The molecule has 0 fully saturated rings. The summed E-state index contributed by atoms with van der Waals surface area (Å²) in [5.41, 5.74) is 1.69. The highest BCUT2D eigenvalue weighted by molar-refractivity contribution is 7.89. The second-order valence-electron chi connectivity index (χ2n) is 7.72. The molecule has 34 heavy (non-hydrogen) atoms. The van der Waals surface area contributed by atoms with Gasteiger partial charge in [-0.1, -0.05) is 24.3 Å². The number of rotatable bonds is 9. The number of methoxy groups -OCH3 is 1. The van der Waals surface area contributed by atoms with Crippen LogP contribution in [0.3, 0.4) is 0 Å². The molecule has 0 aliphatic carbocycles. The molecule has 0 bridgehead atoms. The van der Waals surface area contributed by atoms with E-state index < -0.39 is 22.0 Å². The molecule has 0 aliphatic heterocycles. The summed E-state index contributed by atoms with van der Waals surface area (Å²) in [6, 6.07) is 18.8. The van der Waals surface area contributed by atoms with Gasteiger partial charge in [-0.05, 0) is 49.4 Å². The summed E-state index contributed by atoms with van der Waals surface area (Å²) >= 11 is 0. The minimum atomic E-state index is -3.93. The second kappa shape index (κ2) is 10.1. The summed E-state index contributed by atoms with van der Waals surface area (Å²) in [6.07, 6.45) is 2.08. The van der Waals surface area contributed by atoms with Crippen molar-refractivity contribution in [1.29, 1.82) is 0 Å². The van der Waals surface area contributed by atoms with Crippen molar-refractivity contribution in [1.82, 2.24) is 15.0 Å². The van der Waals surface area contributed by atoms with Gasteiger partial charge >= 0.3 is 0 Å². The van der Waals surface area contributed by atoms with Crippen LogP contribution in [0.4, 0.5) is 0 Å². The van der Waals surface area contributed by atoms with Crippen LogP contribution in [0.25, 0.3) is 11.0 Å². The van der Waals surface area contributed by atoms with Gasteiger partial charge in [0.15, 0.2) is 0 Å². The molecule has 2 N–H and O–H groups in total. The van der Waals surface area contributed by atoms with Crippen LogP contribution < -0.4 is 14.8 Å². The van der Waals surface area contributed by atoms with Crippen LogP contribution in [0.1, 0.15) is 34.8 Å². The Morgan fingerprint density at radius 1 is 1.09 bits per heavy atom. The molecular formula is C25H25N3O5S. The Labute approximate surface area is 198 Å². The molecule has 0 radical (unpaired) electrons. The third kappa shape index (κ3) is 5.27. The fraction of sp³-hybridized carbons (Fsp3) is 0.200. The Morgan fingerprint density at radius 2 is 1.88 bits per heavy atom. The summed E-state index contributed by atoms with van der Waals surface area (Å²) < 4.78 is 39.5. The fourth-order valence-electron chi connectivity index (χ4n) is 3.53. The van der Waals surface area contributed by atoms with Gasteiger partial charge in [-0.25, -0.2) is 13.1 Å². The molecule has 9 heteroatoms. The number of sulfonamides is 1. The van der Waals surface area contributed by atoms with E-state index in [1.54, 1.807) is 19.2 Å². The normalized spacial score (nSPS) is 12.4. The van der Waals surface area contributed by atoms with Crippen LogP contribution in [-0.4, -0.2) is 33.0 Å². The lowest BCUT2D eigenvalue weighted by molar-refractivity contribution is 0.0935. The van der Waals surface area contributed by atoms with Gasteiger partial charge in [-0.2, -0.15) is 0 Å². The van der Waals surface area contributed by atoms with Gasteiger partial charge < -0.3 is 14.5 Å². The SMILES string of the molecule is COc1ccc(C(=O)NC(C)c2cc3ccccc3o2)cc1S(=O)(=O)NCCc1ccccn1. The average Bonchev–Trinajstić information content (AvgIpc) is 3.29. The van der Waals surface area contributed by atoms with Crippen molar-refractivity contribution < 1.29 is 22.4 Å². The van der Waals surface area contributed by atoms with E-state index in [1.807, 2.05) is 42.5 Å². The highest BCUT2D eigenvalue weighted by Gasteiger charge is 2.23. The summed E-state index contributed by atoms with van der Waals surface area (Å²) in [7, 11) is -2.55. The van der Waals surface area contributed by atoms with Crippen molar-refractivity contribution in [2.24, 2.45) is 0 Å². The number of furan rings is 1. The number of aromatic nitrogens is 1. The fourth-order valence-corrected chi connectivity index (χ4v) is 4.76. The number of ether oxygens (including phenoxy) is 1. The van der Waals surface area contributed by atoms with Gasteiger partial charge in [0.25, 0.3) is 5.91 Å². The lowest BCUT2D eigenvalue weighted by atomic mass is 10.1. The molecule has 4 aromatic rings. The van der Waals surface area contributed by atoms with Crippen molar-refractivity contribution in [3.8, 4) is 5.75 Å². The number of nitrogens with one attached hydrogen (secondary N) is 2. The highest BCUT2D eigenvalue weighted by atomic mass is 32.2. The molecule has 2 aromatic heterocycles. The first-order chi connectivity index (χ1) is 16.4. The van der Waals surface area contributed by atoms with Gasteiger partial charge in [0, 0.05) is 35.8 Å². The maximum atomic E-state index is 13.0. The standard InChI is InChI=1S/C25H25N3O5S/c1-17(23-15-18-7-3-4-9-21(18)33-23)28-25(29)19-10-11-22(32-2)24(16-19)34(30,31)27-14-12-20-8-5-6-13-26-20/h3-11,13,15-17,27H,12,14H2,1-2H3,(H,28,29). The smallest absolute Gasteiger partial charge is 0.251 e. The van der Waals surface area contributed by atoms with Gasteiger partial charge in [-0.15, -0.1) is 0 Å². The third-order valence-electron chi connectivity index (χ3n) is 5.33. The minimum absolute atomic E-state index is 0.111. The number of nitrogens with zero attached hydrogens (tertiary/aromatic N) is 1. The number of hydrogen-bond donors (Lipinski definition) is 2. The van der Waals surface area contributed by atoms with Gasteiger partial charge in [0.2, 0.25) is 10.0 Å². The van der Waals surface area contributed by atoms with Crippen molar-refractivity contribution >= 4 is 26.9 Å². The van der Waals surface area contributed by atoms with Crippen LogP contribution in [0.5, 0.6) is 5.75 Å². The largest absolute Gasteiger partial charge is 0.495 e. The first-order valence-corrected chi connectivity index (χ1v) is 12.2. The number of benzene rings is 2. The Hall–Kier alpha value is -3.69. The van der Waals surface area contributed by atoms with Crippen LogP contribution >= 0.6 is 0 Å². The van der Waals surface area contributed by atoms with E-state index in [0.717, 1.165) is 16.7 Å². The molecular weight excluding hydrogens is 454 g/mol. The van der Waals surface area contributed by atoms with Gasteiger partial charge in [0.1, 0.15) is 22.0 Å². The van der Waals surface area contributed by atoms with Crippen LogP contribution in [0, 0.1) is 0 Å². The molecule has 1 atom stereocenters. The van der Waals surface area contributed by atoms with E-state index in [2.05, 4.69) is 15.0 Å². The Bertz CT molecular complexity index is 1370. The average molecular weight is 480 g/mol. The number of amides is 1. The Balaban J connectivity index is 1.49. The van der Waals surface area contributed by atoms with E-state index in [0.29, 0.717) is 12.2 Å². The van der Waals surface area contributed by atoms with E-state index in [-0.39, 0.29) is 22.8 Å². The lowest BCUT2D eigenvalue weighted by Crippen LogP contribution is -2.28. The highest BCUT2D eigenvalue weighted by Crippen LogP contribution is 2.26. The first-order valence-electron chi connectivity index (χ1n) is 10.7. The summed E-state index contributed by atoms with van der Waals surface area (Å²) in [4.78, 5) is 17.0.